The molecule has 4 N–H and O–H groups in total. The first-order valence-electron chi connectivity index (χ1n) is 15.8. The molecule has 2 heterocycles. The number of rotatable bonds is 10. The largest absolute Gasteiger partial charge is 0.493 e. The number of nitrogens with zero attached hydrogens (tertiary/aromatic N) is 1. The Bertz CT molecular complexity index is 1750. The van der Waals surface area contributed by atoms with Crippen molar-refractivity contribution in [1.82, 2.24) is 15.3 Å². The first-order valence-corrected chi connectivity index (χ1v) is 15.8. The Morgan fingerprint density at radius 3 is 2.56 bits per heavy atom. The molecule has 6 rings (SSSR count). The fraction of sp³-hybridized carbons (Fsp3) is 0.333. The van der Waals surface area contributed by atoms with Crippen molar-refractivity contribution in [2.45, 2.75) is 69.7 Å². The first kappa shape index (κ1) is 30.1. The van der Waals surface area contributed by atoms with Crippen molar-refractivity contribution in [3.8, 4) is 17.1 Å². The molecule has 0 spiro atoms. The van der Waals surface area contributed by atoms with Crippen LogP contribution < -0.4 is 15.4 Å². The van der Waals surface area contributed by atoms with E-state index < -0.39 is 11.5 Å². The lowest BCUT2D eigenvalue weighted by Crippen LogP contribution is -2.61. The van der Waals surface area contributed by atoms with Gasteiger partial charge in [-0.05, 0) is 93.0 Å². The number of hydrogen-bond acceptors (Lipinski definition) is 5. The molecular formula is C36H38N4O5. The van der Waals surface area contributed by atoms with E-state index in [0.29, 0.717) is 47.9 Å². The normalized spacial score (nSPS) is 16.3. The summed E-state index contributed by atoms with van der Waals surface area (Å²) < 4.78 is 5.68. The van der Waals surface area contributed by atoms with E-state index in [2.05, 4.69) is 20.6 Å². The number of nitrogens with one attached hydrogen (secondary N) is 3. The van der Waals surface area contributed by atoms with Crippen molar-refractivity contribution < 1.29 is 24.2 Å². The fourth-order valence-electron chi connectivity index (χ4n) is 6.56. The molecule has 45 heavy (non-hydrogen) atoms. The second-order valence-electron chi connectivity index (χ2n) is 11.9. The molecule has 0 atom stereocenters. The maximum Gasteiger partial charge on any atom is 0.328 e. The van der Waals surface area contributed by atoms with Gasteiger partial charge in [-0.1, -0.05) is 31.4 Å². The van der Waals surface area contributed by atoms with Crippen LogP contribution in [-0.4, -0.2) is 45.0 Å². The van der Waals surface area contributed by atoms with Crippen LogP contribution in [0, 0.1) is 0 Å². The van der Waals surface area contributed by atoms with Crippen LogP contribution in [0.15, 0.2) is 66.9 Å². The Balaban J connectivity index is 1.24. The molecule has 2 aromatic carbocycles. The Hall–Kier alpha value is -4.92. The molecule has 232 valence electrons. The maximum atomic E-state index is 13.6. The second kappa shape index (κ2) is 13.0. The Kier molecular flexibility index (Phi) is 8.69. The predicted octanol–water partition coefficient (Wildman–Crippen LogP) is 7.07. The van der Waals surface area contributed by atoms with Gasteiger partial charge in [0.25, 0.3) is 5.91 Å². The summed E-state index contributed by atoms with van der Waals surface area (Å²) >= 11 is 0. The molecule has 0 saturated heterocycles. The summed E-state index contributed by atoms with van der Waals surface area (Å²) in [6.45, 7) is 2.21. The van der Waals surface area contributed by atoms with Gasteiger partial charge >= 0.3 is 5.97 Å². The molecule has 4 aromatic rings. The highest BCUT2D eigenvalue weighted by Gasteiger charge is 2.45. The minimum Gasteiger partial charge on any atom is -0.493 e. The summed E-state index contributed by atoms with van der Waals surface area (Å²) in [5, 5.41) is 16.1. The molecule has 0 unspecified atom stereocenters. The van der Waals surface area contributed by atoms with E-state index in [1.807, 2.05) is 43.3 Å². The molecule has 2 aliphatic rings. The standard InChI is InChI=1S/C36H38N4O5/c1-2-45-30-22-26(15-12-23(30)14-17-31(41)42)38-35(44)36(18-8-19-36)40-34(43)25-13-16-27-29(21-25)39-33(28-11-6-7-20-37-28)32(27)24-9-4-3-5-10-24/h6-7,11-17,20-22,24,39H,2-5,8-10,18-19H2,1H3,(H,38,44)(H,40,43)(H,41,42)/b17-14+. The zero-order chi connectivity index (χ0) is 31.4. The van der Waals surface area contributed by atoms with E-state index in [9.17, 15) is 14.4 Å². The zero-order valence-electron chi connectivity index (χ0n) is 25.4. The third-order valence-electron chi connectivity index (χ3n) is 9.01. The van der Waals surface area contributed by atoms with Gasteiger partial charge in [-0.3, -0.25) is 14.6 Å². The van der Waals surface area contributed by atoms with Crippen LogP contribution in [0.1, 0.15) is 85.7 Å². The molecule has 9 heteroatoms. The average Bonchev–Trinajstić information content (AvgIpc) is 3.42. The van der Waals surface area contributed by atoms with Crippen molar-refractivity contribution >= 4 is 40.4 Å². The molecule has 0 aliphatic heterocycles. The predicted molar refractivity (Wildman–Crippen MR) is 174 cm³/mol. The van der Waals surface area contributed by atoms with Crippen molar-refractivity contribution in [1.29, 1.82) is 0 Å². The molecule has 0 bridgehead atoms. The van der Waals surface area contributed by atoms with Gasteiger partial charge in [-0.15, -0.1) is 0 Å². The highest BCUT2D eigenvalue weighted by Crippen LogP contribution is 2.42. The number of aromatic amines is 1. The van der Waals surface area contributed by atoms with Gasteiger partial charge in [0.15, 0.2) is 0 Å². The average molecular weight is 607 g/mol. The van der Waals surface area contributed by atoms with Crippen molar-refractivity contribution in [2.75, 3.05) is 11.9 Å². The Morgan fingerprint density at radius 2 is 1.87 bits per heavy atom. The van der Waals surface area contributed by atoms with E-state index in [1.165, 1.54) is 30.9 Å². The second-order valence-corrected chi connectivity index (χ2v) is 11.9. The van der Waals surface area contributed by atoms with Gasteiger partial charge in [0.2, 0.25) is 5.91 Å². The van der Waals surface area contributed by atoms with Gasteiger partial charge in [-0.2, -0.15) is 0 Å². The number of H-pyrrole nitrogens is 1. The van der Waals surface area contributed by atoms with Crippen LogP contribution in [0.4, 0.5) is 5.69 Å². The number of carbonyl (C=O) groups is 3. The van der Waals surface area contributed by atoms with Crippen LogP contribution in [-0.2, 0) is 9.59 Å². The quantitative estimate of drug-likeness (QED) is 0.143. The van der Waals surface area contributed by atoms with Gasteiger partial charge in [0.05, 0.1) is 18.0 Å². The van der Waals surface area contributed by atoms with Gasteiger partial charge < -0.3 is 25.5 Å². The number of carboxylic acids is 1. The van der Waals surface area contributed by atoms with Crippen molar-refractivity contribution in [3.63, 3.8) is 0 Å². The zero-order valence-corrected chi connectivity index (χ0v) is 25.4. The summed E-state index contributed by atoms with van der Waals surface area (Å²) in [7, 11) is 0. The lowest BCUT2D eigenvalue weighted by atomic mass is 9.75. The number of aromatic nitrogens is 2. The highest BCUT2D eigenvalue weighted by molar-refractivity contribution is 6.06. The smallest absolute Gasteiger partial charge is 0.328 e. The number of pyridine rings is 1. The SMILES string of the molecule is CCOc1cc(NC(=O)C2(NC(=O)c3ccc4c(C5CCCCC5)c(-c5ccccn5)[nH]c4c3)CCC2)ccc1/C=C/C(=O)O. The lowest BCUT2D eigenvalue weighted by molar-refractivity contribution is -0.131. The number of fused-ring (bicyclic) bond motifs is 1. The van der Waals surface area contributed by atoms with Crippen LogP contribution in [0.2, 0.25) is 0 Å². The molecule has 0 radical (unpaired) electrons. The number of benzene rings is 2. The molecule has 2 saturated carbocycles. The number of ether oxygens (including phenoxy) is 1. The third-order valence-corrected chi connectivity index (χ3v) is 9.01. The maximum absolute atomic E-state index is 13.6. The summed E-state index contributed by atoms with van der Waals surface area (Å²) in [4.78, 5) is 46.4. The first-order chi connectivity index (χ1) is 21.9. The number of hydrogen-bond donors (Lipinski definition) is 4. The van der Waals surface area contributed by atoms with Gasteiger partial charge in [-0.25, -0.2) is 4.79 Å². The number of amides is 2. The van der Waals surface area contributed by atoms with Crippen LogP contribution >= 0.6 is 0 Å². The van der Waals surface area contributed by atoms with Gasteiger partial charge in [0.1, 0.15) is 11.3 Å². The number of aliphatic carboxylic acids is 1. The molecule has 2 fully saturated rings. The van der Waals surface area contributed by atoms with Crippen LogP contribution in [0.3, 0.4) is 0 Å². The summed E-state index contributed by atoms with van der Waals surface area (Å²) in [6, 6.07) is 16.7. The van der Waals surface area contributed by atoms with E-state index in [4.69, 9.17) is 9.84 Å². The van der Waals surface area contributed by atoms with Crippen LogP contribution in [0.5, 0.6) is 5.75 Å². The molecule has 2 aromatic heterocycles. The minimum absolute atomic E-state index is 0.295. The number of carboxylic acid groups (broad SMARTS) is 1. The van der Waals surface area contributed by atoms with E-state index >= 15 is 0 Å². The number of carbonyl (C=O) groups excluding carboxylic acids is 2. The molecular weight excluding hydrogens is 568 g/mol. The fourth-order valence-corrected chi connectivity index (χ4v) is 6.56. The van der Waals surface area contributed by atoms with Crippen molar-refractivity contribution in [3.05, 3.63) is 83.6 Å². The molecule has 9 nitrogen and oxygen atoms in total. The van der Waals surface area contributed by atoms with Crippen LogP contribution in [0.25, 0.3) is 28.4 Å². The minimum atomic E-state index is -1.06. The van der Waals surface area contributed by atoms with Crippen molar-refractivity contribution in [2.24, 2.45) is 0 Å². The highest BCUT2D eigenvalue weighted by atomic mass is 16.5. The van der Waals surface area contributed by atoms with E-state index in [0.717, 1.165) is 47.6 Å². The summed E-state index contributed by atoms with van der Waals surface area (Å²) in [5.74, 6) is -0.764. The Labute approximate surface area is 262 Å². The van der Waals surface area contributed by atoms with Gasteiger partial charge in [0, 0.05) is 46.1 Å². The third kappa shape index (κ3) is 6.34. The molecule has 2 aliphatic carbocycles. The van der Waals surface area contributed by atoms with E-state index in [1.54, 1.807) is 24.4 Å². The summed E-state index contributed by atoms with van der Waals surface area (Å²) in [5.41, 5.74) is 4.62. The lowest BCUT2D eigenvalue weighted by Gasteiger charge is -2.40. The van der Waals surface area contributed by atoms with E-state index in [-0.39, 0.29) is 11.8 Å². The molecule has 2 amide bonds. The number of anilines is 1. The Morgan fingerprint density at radius 1 is 1.04 bits per heavy atom. The monoisotopic (exact) mass is 606 g/mol. The summed E-state index contributed by atoms with van der Waals surface area (Å²) in [6.07, 6.45) is 12.1. The topological polar surface area (TPSA) is 133 Å².